The van der Waals surface area contributed by atoms with E-state index in [1.54, 1.807) is 12.1 Å². The number of alkyl halides is 3. The molecule has 2 N–H and O–H groups in total. The molecule has 0 aliphatic carbocycles. The Balaban J connectivity index is 1.42. The molecule has 8 heteroatoms. The summed E-state index contributed by atoms with van der Waals surface area (Å²) in [4.78, 5) is 15.5. The lowest BCUT2D eigenvalue weighted by Crippen LogP contribution is -2.40. The van der Waals surface area contributed by atoms with Crippen molar-refractivity contribution in [1.82, 2.24) is 10.3 Å². The number of rotatable bonds is 4. The highest BCUT2D eigenvalue weighted by atomic mass is 19.4. The second-order valence-corrected chi connectivity index (χ2v) is 7.03. The van der Waals surface area contributed by atoms with Crippen LogP contribution in [0.3, 0.4) is 0 Å². The van der Waals surface area contributed by atoms with Gasteiger partial charge in [-0.25, -0.2) is 0 Å². The van der Waals surface area contributed by atoms with Crippen molar-refractivity contribution >= 4 is 11.6 Å². The van der Waals surface area contributed by atoms with Gasteiger partial charge in [-0.15, -0.1) is 0 Å². The zero-order chi connectivity index (χ0) is 19.1. The van der Waals surface area contributed by atoms with Gasteiger partial charge in [-0.3, -0.25) is 9.78 Å². The molecule has 1 aromatic carbocycles. The number of aromatic nitrogens is 1. The molecule has 2 saturated heterocycles. The predicted molar refractivity (Wildman–Crippen MR) is 92.4 cm³/mol. The summed E-state index contributed by atoms with van der Waals surface area (Å²) in [6, 6.07) is 9.70. The standard InChI is InChI=1S/C19H18F3N3O2/c20-19(21,22)16-7-13(5-6-23-16)17(26)25-14-3-1-12(2-4-14)8-18-9-15(10-27-18)24-11-18/h1-7,15,24H,8-11H2,(H,25,26)/t15-,18-/m1/s1. The molecule has 1 amide bonds. The van der Waals surface area contributed by atoms with Crippen molar-refractivity contribution in [2.45, 2.75) is 30.7 Å². The molecule has 0 saturated carbocycles. The van der Waals surface area contributed by atoms with Crippen molar-refractivity contribution < 1.29 is 22.7 Å². The normalized spacial score (nSPS) is 24.2. The minimum Gasteiger partial charge on any atom is -0.372 e. The van der Waals surface area contributed by atoms with Crippen LogP contribution >= 0.6 is 0 Å². The fourth-order valence-corrected chi connectivity index (χ4v) is 3.62. The number of benzene rings is 1. The summed E-state index contributed by atoms with van der Waals surface area (Å²) < 4.78 is 44.1. The van der Waals surface area contributed by atoms with Crippen molar-refractivity contribution in [3.63, 3.8) is 0 Å². The molecule has 4 rings (SSSR count). The maximum absolute atomic E-state index is 12.7. The van der Waals surface area contributed by atoms with Crippen molar-refractivity contribution in [3.8, 4) is 0 Å². The van der Waals surface area contributed by atoms with Crippen LogP contribution in [-0.2, 0) is 17.3 Å². The number of fused-ring (bicyclic) bond motifs is 2. The van der Waals surface area contributed by atoms with Crippen LogP contribution in [0.2, 0.25) is 0 Å². The molecule has 2 atom stereocenters. The number of morpholine rings is 1. The van der Waals surface area contributed by atoms with Gasteiger partial charge in [0.15, 0.2) is 0 Å². The maximum atomic E-state index is 12.7. The molecule has 0 spiro atoms. The molecule has 0 unspecified atom stereocenters. The molecule has 1 aromatic heterocycles. The van der Waals surface area contributed by atoms with Crippen LogP contribution in [0.1, 0.15) is 28.0 Å². The van der Waals surface area contributed by atoms with Crippen molar-refractivity contribution in [1.29, 1.82) is 0 Å². The van der Waals surface area contributed by atoms with Gasteiger partial charge in [0, 0.05) is 36.5 Å². The summed E-state index contributed by atoms with van der Waals surface area (Å²) in [5.41, 5.74) is 0.259. The molecule has 2 fully saturated rings. The van der Waals surface area contributed by atoms with Gasteiger partial charge in [0.1, 0.15) is 5.69 Å². The minimum absolute atomic E-state index is 0.0947. The number of nitrogens with zero attached hydrogens (tertiary/aromatic N) is 1. The Kier molecular flexibility index (Phi) is 4.39. The van der Waals surface area contributed by atoms with E-state index in [-0.39, 0.29) is 11.2 Å². The van der Waals surface area contributed by atoms with Crippen LogP contribution in [0, 0.1) is 0 Å². The maximum Gasteiger partial charge on any atom is 0.433 e. The topological polar surface area (TPSA) is 63.2 Å². The average molecular weight is 377 g/mol. The van der Waals surface area contributed by atoms with E-state index in [0.717, 1.165) is 43.8 Å². The van der Waals surface area contributed by atoms with E-state index in [1.165, 1.54) is 6.07 Å². The first kappa shape index (κ1) is 17.9. The van der Waals surface area contributed by atoms with Gasteiger partial charge in [0.25, 0.3) is 5.91 Å². The molecule has 5 nitrogen and oxygen atoms in total. The van der Waals surface area contributed by atoms with Crippen molar-refractivity contribution in [2.24, 2.45) is 0 Å². The van der Waals surface area contributed by atoms with Crippen molar-refractivity contribution in [3.05, 3.63) is 59.4 Å². The fraction of sp³-hybridized carbons (Fsp3) is 0.368. The molecule has 0 radical (unpaired) electrons. The molecule has 142 valence electrons. The number of carbonyl (C=O) groups is 1. The fourth-order valence-electron chi connectivity index (χ4n) is 3.62. The number of anilines is 1. The third kappa shape index (κ3) is 3.81. The van der Waals surface area contributed by atoms with E-state index in [0.29, 0.717) is 11.7 Å². The van der Waals surface area contributed by atoms with Gasteiger partial charge in [-0.2, -0.15) is 13.2 Å². The van der Waals surface area contributed by atoms with Crippen molar-refractivity contribution in [2.75, 3.05) is 18.5 Å². The lowest BCUT2D eigenvalue weighted by atomic mass is 9.93. The van der Waals surface area contributed by atoms with Crippen LogP contribution in [0.5, 0.6) is 0 Å². The summed E-state index contributed by atoms with van der Waals surface area (Å²) in [6.07, 6.45) is -1.84. The van der Waals surface area contributed by atoms with E-state index in [2.05, 4.69) is 15.6 Å². The Bertz CT molecular complexity index is 844. The summed E-state index contributed by atoms with van der Waals surface area (Å²) >= 11 is 0. The third-order valence-electron chi connectivity index (χ3n) is 4.97. The van der Waals surface area contributed by atoms with Gasteiger partial charge >= 0.3 is 6.18 Å². The van der Waals surface area contributed by atoms with E-state index >= 15 is 0 Å². The molecule has 27 heavy (non-hydrogen) atoms. The highest BCUT2D eigenvalue weighted by Crippen LogP contribution is 2.34. The molecule has 2 aliphatic heterocycles. The number of amides is 1. The highest BCUT2D eigenvalue weighted by molar-refractivity contribution is 6.04. The summed E-state index contributed by atoms with van der Waals surface area (Å²) in [5.74, 6) is -0.615. The number of pyridine rings is 1. The van der Waals surface area contributed by atoms with Gasteiger partial charge in [-0.1, -0.05) is 12.1 Å². The highest BCUT2D eigenvalue weighted by Gasteiger charge is 2.45. The number of carbonyl (C=O) groups excluding carboxylic acids is 1. The Morgan fingerprint density at radius 2 is 2.07 bits per heavy atom. The number of hydrogen-bond acceptors (Lipinski definition) is 4. The molecular weight excluding hydrogens is 359 g/mol. The molecule has 2 aliphatic rings. The zero-order valence-electron chi connectivity index (χ0n) is 14.3. The van der Waals surface area contributed by atoms with Crippen LogP contribution in [0.15, 0.2) is 42.6 Å². The number of halogens is 3. The lowest BCUT2D eigenvalue weighted by Gasteiger charge is -2.26. The van der Waals surface area contributed by atoms with E-state index in [4.69, 9.17) is 4.74 Å². The van der Waals surface area contributed by atoms with E-state index in [1.807, 2.05) is 12.1 Å². The minimum atomic E-state index is -4.59. The second-order valence-electron chi connectivity index (χ2n) is 7.03. The first-order valence-corrected chi connectivity index (χ1v) is 8.64. The second kappa shape index (κ2) is 6.61. The monoisotopic (exact) mass is 377 g/mol. The SMILES string of the molecule is O=C(Nc1ccc(C[C@@]23CN[C@@H](CO2)C3)cc1)c1ccnc(C(F)(F)F)c1. The van der Waals surface area contributed by atoms with Crippen LogP contribution in [0.25, 0.3) is 0 Å². The first-order valence-electron chi connectivity index (χ1n) is 8.64. The average Bonchev–Trinajstić information content (AvgIpc) is 3.23. The Morgan fingerprint density at radius 1 is 1.30 bits per heavy atom. The largest absolute Gasteiger partial charge is 0.433 e. The van der Waals surface area contributed by atoms with Gasteiger partial charge < -0.3 is 15.4 Å². The Hall–Kier alpha value is -2.45. The van der Waals surface area contributed by atoms with Crippen LogP contribution in [-0.4, -0.2) is 35.7 Å². The Labute approximate surface area is 153 Å². The molecule has 2 aromatic rings. The van der Waals surface area contributed by atoms with Gasteiger partial charge in [0.05, 0.1) is 12.2 Å². The molecule has 2 bridgehead atoms. The number of ether oxygens (including phenoxy) is 1. The molecule has 3 heterocycles. The number of nitrogens with one attached hydrogen (secondary N) is 2. The smallest absolute Gasteiger partial charge is 0.372 e. The molecular formula is C19H18F3N3O2. The summed E-state index contributed by atoms with van der Waals surface area (Å²) in [6.45, 7) is 1.57. The summed E-state index contributed by atoms with van der Waals surface area (Å²) in [5, 5.41) is 6.03. The van der Waals surface area contributed by atoms with E-state index in [9.17, 15) is 18.0 Å². The predicted octanol–water partition coefficient (Wildman–Crippen LogP) is 3.03. The van der Waals surface area contributed by atoms with Crippen LogP contribution in [0.4, 0.5) is 18.9 Å². The van der Waals surface area contributed by atoms with E-state index < -0.39 is 17.8 Å². The van der Waals surface area contributed by atoms with Gasteiger partial charge in [-0.05, 0) is 36.2 Å². The first-order chi connectivity index (χ1) is 12.8. The zero-order valence-corrected chi connectivity index (χ0v) is 14.3. The Morgan fingerprint density at radius 3 is 2.67 bits per heavy atom. The third-order valence-corrected chi connectivity index (χ3v) is 4.97. The van der Waals surface area contributed by atoms with Crippen LogP contribution < -0.4 is 10.6 Å². The summed E-state index contributed by atoms with van der Waals surface area (Å²) in [7, 11) is 0. The quantitative estimate of drug-likeness (QED) is 0.860. The van der Waals surface area contributed by atoms with Gasteiger partial charge in [0.2, 0.25) is 0 Å². The number of hydrogen-bond donors (Lipinski definition) is 2. The lowest BCUT2D eigenvalue weighted by molar-refractivity contribution is -0.141.